The molecule has 0 aliphatic carbocycles. The van der Waals surface area contributed by atoms with Crippen molar-refractivity contribution in [2.75, 3.05) is 92.2 Å². The minimum absolute atomic E-state index is 0.0906. The van der Waals surface area contributed by atoms with Crippen LogP contribution < -0.4 is 16.9 Å². The Hall–Kier alpha value is -0.400. The van der Waals surface area contributed by atoms with Crippen LogP contribution in [0.5, 0.6) is 0 Å². The molecule has 0 saturated carbocycles. The number of nitrogens with zero attached hydrogens (tertiary/aromatic N) is 3. The molecule has 0 bridgehead atoms. The first kappa shape index (κ1) is 28.6. The van der Waals surface area contributed by atoms with Crippen molar-refractivity contribution in [1.29, 1.82) is 0 Å². The average Bonchev–Trinajstić information content (AvgIpc) is 2.65. The van der Waals surface area contributed by atoms with Crippen molar-refractivity contribution < 1.29 is 19.8 Å². The van der Waals surface area contributed by atoms with Crippen LogP contribution in [0.1, 0.15) is 27.2 Å². The third kappa shape index (κ3) is 16.0. The van der Waals surface area contributed by atoms with Crippen LogP contribution in [0.3, 0.4) is 0 Å². The van der Waals surface area contributed by atoms with Crippen molar-refractivity contribution in [3.63, 3.8) is 0 Å². The van der Waals surface area contributed by atoms with Gasteiger partial charge < -0.3 is 26.4 Å². The van der Waals surface area contributed by atoms with Gasteiger partial charge in [-0.3, -0.25) is 19.5 Å². The number of nitrogens with one attached hydrogen (secondary N) is 1. The minimum Gasteiger partial charge on any atom is -0.395 e. The predicted octanol–water partition coefficient (Wildman–Crippen LogP) is -1.56. The van der Waals surface area contributed by atoms with E-state index >= 15 is 0 Å². The standard InChI is InChI=1S/C19H46N6O4/c1-19(2,3)25(17-28-16-4-8-23(9-5-20)12-14-26)18-29-22-7-11-24(10-6-21)13-15-27/h22,26-27H,4-18,20-21H2,1-3H3. The van der Waals surface area contributed by atoms with Gasteiger partial charge >= 0.3 is 0 Å². The van der Waals surface area contributed by atoms with Gasteiger partial charge in [0.1, 0.15) is 13.5 Å². The highest BCUT2D eigenvalue weighted by atomic mass is 16.7. The van der Waals surface area contributed by atoms with E-state index in [2.05, 4.69) is 41.0 Å². The number of aliphatic hydroxyl groups excluding tert-OH is 2. The SMILES string of the molecule is CC(C)(C)N(COCCCN(CCN)CCO)CONCCN(CCN)CCO. The van der Waals surface area contributed by atoms with Gasteiger partial charge in [-0.1, -0.05) is 0 Å². The summed E-state index contributed by atoms with van der Waals surface area (Å²) in [5.74, 6) is 0. The van der Waals surface area contributed by atoms with Crippen LogP contribution in [0.25, 0.3) is 0 Å². The quantitative estimate of drug-likeness (QED) is 0.0891. The summed E-state index contributed by atoms with van der Waals surface area (Å²) in [4.78, 5) is 12.0. The smallest absolute Gasteiger partial charge is 0.123 e. The summed E-state index contributed by atoms with van der Waals surface area (Å²) < 4.78 is 5.84. The fourth-order valence-corrected chi connectivity index (χ4v) is 2.71. The number of hydrogen-bond acceptors (Lipinski definition) is 10. The van der Waals surface area contributed by atoms with Crippen molar-refractivity contribution in [2.45, 2.75) is 32.7 Å². The van der Waals surface area contributed by atoms with E-state index in [1.54, 1.807) is 0 Å². The molecule has 10 heteroatoms. The summed E-state index contributed by atoms with van der Waals surface area (Å²) in [6, 6.07) is 0. The fourth-order valence-electron chi connectivity index (χ4n) is 2.71. The van der Waals surface area contributed by atoms with Crippen molar-refractivity contribution >= 4 is 0 Å². The molecule has 0 aromatic heterocycles. The summed E-state index contributed by atoms with van der Waals surface area (Å²) >= 11 is 0. The van der Waals surface area contributed by atoms with Gasteiger partial charge in [-0.05, 0) is 27.2 Å². The van der Waals surface area contributed by atoms with E-state index in [9.17, 15) is 0 Å². The first-order valence-corrected chi connectivity index (χ1v) is 10.6. The molecular weight excluding hydrogens is 376 g/mol. The van der Waals surface area contributed by atoms with Crippen molar-refractivity contribution in [1.82, 2.24) is 20.2 Å². The molecule has 0 spiro atoms. The molecule has 10 nitrogen and oxygen atoms in total. The largest absolute Gasteiger partial charge is 0.395 e. The molecule has 0 unspecified atom stereocenters. The van der Waals surface area contributed by atoms with Crippen molar-refractivity contribution in [3.8, 4) is 0 Å². The van der Waals surface area contributed by atoms with Gasteiger partial charge in [0.05, 0.1) is 13.2 Å². The van der Waals surface area contributed by atoms with Gasteiger partial charge in [-0.15, -0.1) is 0 Å². The Morgan fingerprint density at radius 1 is 0.828 bits per heavy atom. The van der Waals surface area contributed by atoms with Crippen LogP contribution in [0.2, 0.25) is 0 Å². The van der Waals surface area contributed by atoms with Gasteiger partial charge in [0, 0.05) is 71.0 Å². The van der Waals surface area contributed by atoms with Gasteiger partial charge in [-0.2, -0.15) is 5.48 Å². The number of hydrogen-bond donors (Lipinski definition) is 5. The monoisotopic (exact) mass is 422 g/mol. The van der Waals surface area contributed by atoms with E-state index < -0.39 is 0 Å². The number of rotatable bonds is 20. The van der Waals surface area contributed by atoms with Crippen LogP contribution in [-0.4, -0.2) is 123 Å². The van der Waals surface area contributed by atoms with Crippen molar-refractivity contribution in [3.05, 3.63) is 0 Å². The zero-order valence-electron chi connectivity index (χ0n) is 18.8. The maximum absolute atomic E-state index is 9.07. The Bertz CT molecular complexity index is 322. The zero-order chi connectivity index (χ0) is 22.0. The zero-order valence-corrected chi connectivity index (χ0v) is 18.8. The van der Waals surface area contributed by atoms with Gasteiger partial charge in [0.2, 0.25) is 0 Å². The summed E-state index contributed by atoms with van der Waals surface area (Å²) in [6.07, 6.45) is 0.888. The first-order valence-electron chi connectivity index (χ1n) is 10.6. The summed E-state index contributed by atoms with van der Waals surface area (Å²) in [7, 11) is 0. The van der Waals surface area contributed by atoms with Crippen molar-refractivity contribution in [2.24, 2.45) is 11.5 Å². The molecule has 0 atom stereocenters. The second kappa shape index (κ2) is 18.4. The molecular formula is C19H46N6O4. The number of ether oxygens (including phenoxy) is 1. The van der Waals surface area contributed by atoms with E-state index in [0.717, 1.165) is 32.6 Å². The van der Waals surface area contributed by atoms with E-state index in [1.807, 2.05) is 0 Å². The average molecular weight is 423 g/mol. The third-order valence-electron chi connectivity index (χ3n) is 4.53. The minimum atomic E-state index is -0.0906. The highest BCUT2D eigenvalue weighted by Gasteiger charge is 2.21. The number of aliphatic hydroxyl groups is 2. The van der Waals surface area contributed by atoms with Crippen LogP contribution in [-0.2, 0) is 9.57 Å². The van der Waals surface area contributed by atoms with E-state index in [0.29, 0.717) is 52.8 Å². The Balaban J connectivity index is 4.06. The molecule has 0 radical (unpaired) electrons. The second-order valence-electron chi connectivity index (χ2n) is 7.98. The highest BCUT2D eigenvalue weighted by Crippen LogP contribution is 2.12. The van der Waals surface area contributed by atoms with Gasteiger partial charge in [0.15, 0.2) is 0 Å². The number of hydroxylamine groups is 1. The molecule has 0 rings (SSSR count). The molecule has 0 aromatic rings. The summed E-state index contributed by atoms with van der Waals surface area (Å²) in [5.41, 5.74) is 14.1. The Kier molecular flexibility index (Phi) is 18.1. The summed E-state index contributed by atoms with van der Waals surface area (Å²) in [6.45, 7) is 14.4. The first-order chi connectivity index (χ1) is 13.9. The molecule has 0 aromatic carbocycles. The van der Waals surface area contributed by atoms with Crippen LogP contribution >= 0.6 is 0 Å². The molecule has 0 saturated heterocycles. The van der Waals surface area contributed by atoms with E-state index in [4.69, 9.17) is 31.3 Å². The molecule has 0 aliphatic rings. The van der Waals surface area contributed by atoms with E-state index in [-0.39, 0.29) is 18.8 Å². The Morgan fingerprint density at radius 2 is 1.41 bits per heavy atom. The predicted molar refractivity (Wildman–Crippen MR) is 116 cm³/mol. The number of nitrogens with two attached hydrogens (primary N) is 2. The molecule has 0 aliphatic heterocycles. The van der Waals surface area contributed by atoms with Gasteiger partial charge in [0.25, 0.3) is 0 Å². The Labute approximate surface area is 177 Å². The topological polar surface area (TPSA) is 133 Å². The lowest BCUT2D eigenvalue weighted by Crippen LogP contribution is -2.46. The molecule has 7 N–H and O–H groups in total. The molecule has 29 heavy (non-hydrogen) atoms. The lowest BCUT2D eigenvalue weighted by molar-refractivity contribution is -0.113. The van der Waals surface area contributed by atoms with Gasteiger partial charge in [-0.25, -0.2) is 0 Å². The lowest BCUT2D eigenvalue weighted by Gasteiger charge is -2.34. The molecule has 0 fully saturated rings. The van der Waals surface area contributed by atoms with E-state index in [1.165, 1.54) is 0 Å². The fraction of sp³-hybridized carbons (Fsp3) is 1.00. The van der Waals surface area contributed by atoms with Crippen LogP contribution in [0.4, 0.5) is 0 Å². The maximum atomic E-state index is 9.07. The maximum Gasteiger partial charge on any atom is 0.123 e. The third-order valence-corrected chi connectivity index (χ3v) is 4.53. The molecule has 0 heterocycles. The lowest BCUT2D eigenvalue weighted by atomic mass is 10.1. The molecule has 0 amide bonds. The summed E-state index contributed by atoms with van der Waals surface area (Å²) in [5, 5.41) is 18.1. The van der Waals surface area contributed by atoms with Crippen LogP contribution in [0, 0.1) is 0 Å². The van der Waals surface area contributed by atoms with Crippen LogP contribution in [0.15, 0.2) is 0 Å². The Morgan fingerprint density at radius 3 is 1.93 bits per heavy atom. The molecule has 176 valence electrons. The normalized spacial score (nSPS) is 12.6. The highest BCUT2D eigenvalue weighted by molar-refractivity contribution is 4.71. The second-order valence-corrected chi connectivity index (χ2v) is 7.98.